The van der Waals surface area contributed by atoms with Crippen LogP contribution in [0.15, 0.2) is 12.2 Å². The quantitative estimate of drug-likeness (QED) is 0.638. The van der Waals surface area contributed by atoms with Crippen LogP contribution in [0, 0.1) is 0 Å². The summed E-state index contributed by atoms with van der Waals surface area (Å²) in [4.78, 5) is 22.2. The number of rotatable bonds is 3. The van der Waals surface area contributed by atoms with Crippen molar-refractivity contribution in [3.63, 3.8) is 0 Å². The minimum Gasteiger partial charge on any atom is -0.466 e. The van der Waals surface area contributed by atoms with E-state index < -0.39 is 18.4 Å². The van der Waals surface area contributed by atoms with Gasteiger partial charge in [0.1, 0.15) is 6.10 Å². The maximum Gasteiger partial charge on any atom is 0.308 e. The summed E-state index contributed by atoms with van der Waals surface area (Å²) in [6.45, 7) is 1.94. The molecule has 0 fully saturated rings. The Morgan fingerprint density at radius 1 is 1.71 bits per heavy atom. The molecule has 78 valence electrons. The summed E-state index contributed by atoms with van der Waals surface area (Å²) >= 11 is 0. The minimum absolute atomic E-state index is 0.159. The number of carbonyl (C=O) groups is 2. The molecular formula is C9H12O5. The highest BCUT2D eigenvalue weighted by atomic mass is 16.6. The Morgan fingerprint density at radius 3 is 3.07 bits per heavy atom. The maximum atomic E-state index is 11.1. The van der Waals surface area contributed by atoms with Crippen LogP contribution in [0.4, 0.5) is 0 Å². The van der Waals surface area contributed by atoms with Gasteiger partial charge in [0.25, 0.3) is 0 Å². The molecule has 14 heavy (non-hydrogen) atoms. The van der Waals surface area contributed by atoms with Crippen molar-refractivity contribution in [3.05, 3.63) is 12.2 Å². The van der Waals surface area contributed by atoms with E-state index in [1.165, 1.54) is 12.2 Å². The average Bonchev–Trinajstić information content (AvgIpc) is 2.12. The standard InChI is InChI=1S/C9H12O5/c1-2-13-9(12)5-7-6(10)3-4-8(11)14-7/h3-4,7-8,11H,2,5H2,1H3. The molecule has 5 heteroatoms. The largest absolute Gasteiger partial charge is 0.466 e. The fourth-order valence-electron chi connectivity index (χ4n) is 1.09. The SMILES string of the molecule is CCOC(=O)CC1OC(O)C=CC1=O. The first-order chi connectivity index (χ1) is 6.63. The fraction of sp³-hybridized carbons (Fsp3) is 0.556. The fourth-order valence-corrected chi connectivity index (χ4v) is 1.09. The van der Waals surface area contributed by atoms with Gasteiger partial charge in [-0.1, -0.05) is 0 Å². The van der Waals surface area contributed by atoms with Crippen molar-refractivity contribution < 1.29 is 24.2 Å². The highest BCUT2D eigenvalue weighted by Gasteiger charge is 2.26. The lowest BCUT2D eigenvalue weighted by molar-refractivity contribution is -0.161. The summed E-state index contributed by atoms with van der Waals surface area (Å²) in [5.74, 6) is -0.836. The lowest BCUT2D eigenvalue weighted by Gasteiger charge is -2.20. The Labute approximate surface area is 81.3 Å². The first kappa shape index (κ1) is 10.9. The zero-order valence-electron chi connectivity index (χ0n) is 7.80. The molecule has 1 N–H and O–H groups in total. The Hall–Kier alpha value is -1.20. The molecule has 0 aromatic rings. The van der Waals surface area contributed by atoms with Crippen molar-refractivity contribution in [2.75, 3.05) is 6.61 Å². The predicted octanol–water partition coefficient (Wildman–Crippen LogP) is -0.218. The van der Waals surface area contributed by atoms with Crippen LogP contribution in [0.25, 0.3) is 0 Å². The molecule has 1 rings (SSSR count). The smallest absolute Gasteiger partial charge is 0.308 e. The van der Waals surface area contributed by atoms with Gasteiger partial charge in [-0.15, -0.1) is 0 Å². The van der Waals surface area contributed by atoms with E-state index in [4.69, 9.17) is 9.84 Å². The molecule has 0 radical (unpaired) electrons. The summed E-state index contributed by atoms with van der Waals surface area (Å²) in [7, 11) is 0. The molecule has 0 saturated carbocycles. The Morgan fingerprint density at radius 2 is 2.43 bits per heavy atom. The van der Waals surface area contributed by atoms with Gasteiger partial charge in [0, 0.05) is 0 Å². The molecule has 0 aliphatic carbocycles. The number of aliphatic hydroxyl groups is 1. The lowest BCUT2D eigenvalue weighted by atomic mass is 10.1. The highest BCUT2D eigenvalue weighted by Crippen LogP contribution is 2.11. The van der Waals surface area contributed by atoms with Crippen molar-refractivity contribution in [3.8, 4) is 0 Å². The Balaban J connectivity index is 2.48. The molecule has 1 heterocycles. The van der Waals surface area contributed by atoms with Gasteiger partial charge in [-0.2, -0.15) is 0 Å². The molecule has 0 bridgehead atoms. The number of esters is 1. The summed E-state index contributed by atoms with van der Waals surface area (Å²) < 4.78 is 9.49. The monoisotopic (exact) mass is 200 g/mol. The number of ether oxygens (including phenoxy) is 2. The van der Waals surface area contributed by atoms with E-state index in [0.717, 1.165) is 0 Å². The van der Waals surface area contributed by atoms with Gasteiger partial charge in [0.15, 0.2) is 12.1 Å². The van der Waals surface area contributed by atoms with Crippen LogP contribution < -0.4 is 0 Å². The molecule has 0 aromatic heterocycles. The number of carbonyl (C=O) groups excluding carboxylic acids is 2. The third-order valence-electron chi connectivity index (χ3n) is 1.70. The van der Waals surface area contributed by atoms with E-state index in [-0.39, 0.29) is 18.8 Å². The molecule has 5 nitrogen and oxygen atoms in total. The van der Waals surface area contributed by atoms with Crippen molar-refractivity contribution in [2.45, 2.75) is 25.7 Å². The summed E-state index contributed by atoms with van der Waals surface area (Å²) in [5, 5.41) is 9.03. The normalized spacial score (nSPS) is 26.3. The maximum absolute atomic E-state index is 11.1. The van der Waals surface area contributed by atoms with E-state index in [1.54, 1.807) is 6.92 Å². The van der Waals surface area contributed by atoms with Gasteiger partial charge in [0.05, 0.1) is 13.0 Å². The molecule has 0 aromatic carbocycles. The van der Waals surface area contributed by atoms with Gasteiger partial charge in [-0.25, -0.2) is 0 Å². The van der Waals surface area contributed by atoms with Gasteiger partial charge < -0.3 is 14.6 Å². The predicted molar refractivity (Wildman–Crippen MR) is 46.3 cm³/mol. The van der Waals surface area contributed by atoms with Crippen LogP contribution in [0.1, 0.15) is 13.3 Å². The van der Waals surface area contributed by atoms with Gasteiger partial charge in [0.2, 0.25) is 0 Å². The highest BCUT2D eigenvalue weighted by molar-refractivity contribution is 5.96. The third-order valence-corrected chi connectivity index (χ3v) is 1.70. The summed E-state index contributed by atoms with van der Waals surface area (Å²) in [5.41, 5.74) is 0. The van der Waals surface area contributed by atoms with E-state index in [1.807, 2.05) is 0 Å². The zero-order chi connectivity index (χ0) is 10.6. The average molecular weight is 200 g/mol. The molecule has 0 spiro atoms. The van der Waals surface area contributed by atoms with Crippen molar-refractivity contribution >= 4 is 11.8 Å². The molecule has 0 saturated heterocycles. The van der Waals surface area contributed by atoms with Crippen LogP contribution in [0.2, 0.25) is 0 Å². The van der Waals surface area contributed by atoms with Crippen LogP contribution in [0.5, 0.6) is 0 Å². The molecule has 2 unspecified atom stereocenters. The third kappa shape index (κ3) is 2.93. The van der Waals surface area contributed by atoms with Gasteiger partial charge in [-0.3, -0.25) is 9.59 Å². The number of hydrogen-bond acceptors (Lipinski definition) is 5. The van der Waals surface area contributed by atoms with E-state index in [9.17, 15) is 9.59 Å². The number of ketones is 1. The van der Waals surface area contributed by atoms with Crippen LogP contribution >= 0.6 is 0 Å². The minimum atomic E-state index is -1.12. The number of aliphatic hydroxyl groups excluding tert-OH is 1. The summed E-state index contributed by atoms with van der Waals surface area (Å²) in [6.07, 6.45) is 0.233. The number of hydrogen-bond donors (Lipinski definition) is 1. The topological polar surface area (TPSA) is 72.8 Å². The van der Waals surface area contributed by atoms with E-state index in [0.29, 0.717) is 0 Å². The van der Waals surface area contributed by atoms with E-state index in [2.05, 4.69) is 4.74 Å². The van der Waals surface area contributed by atoms with Crippen molar-refractivity contribution in [2.24, 2.45) is 0 Å². The Bertz CT molecular complexity index is 258. The van der Waals surface area contributed by atoms with E-state index >= 15 is 0 Å². The first-order valence-corrected chi connectivity index (χ1v) is 4.34. The van der Waals surface area contributed by atoms with Gasteiger partial charge in [-0.05, 0) is 19.1 Å². The first-order valence-electron chi connectivity index (χ1n) is 4.34. The van der Waals surface area contributed by atoms with Crippen molar-refractivity contribution in [1.29, 1.82) is 0 Å². The van der Waals surface area contributed by atoms with Crippen LogP contribution in [-0.4, -0.2) is 35.9 Å². The lowest BCUT2D eigenvalue weighted by Crippen LogP contribution is -2.33. The molecular weight excluding hydrogens is 188 g/mol. The van der Waals surface area contributed by atoms with Crippen LogP contribution in [0.3, 0.4) is 0 Å². The second-order valence-electron chi connectivity index (χ2n) is 2.79. The second kappa shape index (κ2) is 4.88. The molecule has 1 aliphatic heterocycles. The Kier molecular flexibility index (Phi) is 3.79. The second-order valence-corrected chi connectivity index (χ2v) is 2.79. The summed E-state index contributed by atoms with van der Waals surface area (Å²) in [6, 6.07) is 0. The molecule has 1 aliphatic rings. The van der Waals surface area contributed by atoms with Gasteiger partial charge >= 0.3 is 5.97 Å². The zero-order valence-corrected chi connectivity index (χ0v) is 7.80. The molecule has 0 amide bonds. The molecule has 2 atom stereocenters. The van der Waals surface area contributed by atoms with Crippen LogP contribution in [-0.2, 0) is 19.1 Å². The van der Waals surface area contributed by atoms with Crippen molar-refractivity contribution in [1.82, 2.24) is 0 Å².